The summed E-state index contributed by atoms with van der Waals surface area (Å²) in [5, 5.41) is -0.192. The van der Waals surface area contributed by atoms with E-state index in [1.54, 1.807) is 6.92 Å². The fourth-order valence-corrected chi connectivity index (χ4v) is 2.67. The second kappa shape index (κ2) is 5.71. The average molecular weight is 367 g/mol. The molecule has 2 aromatic carbocycles. The number of rotatable bonds is 2. The molecule has 25 heavy (non-hydrogen) atoms. The third kappa shape index (κ3) is 3.03. The van der Waals surface area contributed by atoms with E-state index in [1.165, 1.54) is 18.2 Å². The number of terminal acetylenes is 1. The van der Waals surface area contributed by atoms with Crippen LogP contribution in [0.15, 0.2) is 36.4 Å². The zero-order valence-electron chi connectivity index (χ0n) is 12.8. The Morgan fingerprint density at radius 1 is 1.24 bits per heavy atom. The summed E-state index contributed by atoms with van der Waals surface area (Å²) in [6.45, 7) is 1.56. The molecule has 3 rings (SSSR count). The second-order valence-corrected chi connectivity index (χ2v) is 5.93. The van der Waals surface area contributed by atoms with Crippen LogP contribution in [-0.2, 0) is 16.5 Å². The smallest absolute Gasteiger partial charge is 0.416 e. The number of halogens is 4. The Morgan fingerprint density at radius 2 is 1.96 bits per heavy atom. The molecule has 0 aliphatic carbocycles. The molecule has 0 bridgehead atoms. The summed E-state index contributed by atoms with van der Waals surface area (Å²) in [6, 6.07) is 7.24. The van der Waals surface area contributed by atoms with E-state index in [4.69, 9.17) is 27.5 Å². The summed E-state index contributed by atoms with van der Waals surface area (Å²) in [7, 11) is 0. The number of esters is 1. The van der Waals surface area contributed by atoms with Crippen LogP contribution in [0.5, 0.6) is 11.5 Å². The summed E-state index contributed by atoms with van der Waals surface area (Å²) in [5.41, 5.74) is -1.35. The van der Waals surface area contributed by atoms with Crippen LogP contribution in [0.1, 0.15) is 28.4 Å². The molecule has 0 N–H and O–H groups in total. The summed E-state index contributed by atoms with van der Waals surface area (Å²) in [5.74, 6) is 2.16. The quantitative estimate of drug-likeness (QED) is 0.543. The first-order chi connectivity index (χ1) is 11.6. The van der Waals surface area contributed by atoms with E-state index >= 15 is 0 Å². The number of cyclic esters (lactones) is 1. The molecule has 1 aliphatic rings. The molecule has 0 saturated heterocycles. The largest absolute Gasteiger partial charge is 0.456 e. The van der Waals surface area contributed by atoms with Crippen LogP contribution in [0.25, 0.3) is 0 Å². The van der Waals surface area contributed by atoms with Gasteiger partial charge in [-0.15, -0.1) is 6.42 Å². The first-order valence-corrected chi connectivity index (χ1v) is 7.42. The fraction of sp³-hybridized carbons (Fsp3) is 0.167. The minimum atomic E-state index is -4.50. The van der Waals surface area contributed by atoms with Gasteiger partial charge in [0.05, 0.1) is 16.1 Å². The molecule has 0 radical (unpaired) electrons. The lowest BCUT2D eigenvalue weighted by Crippen LogP contribution is -2.18. The Hall–Kier alpha value is -2.65. The van der Waals surface area contributed by atoms with E-state index in [0.717, 1.165) is 18.2 Å². The molecule has 0 amide bonds. The number of fused-ring (bicyclic) bond motifs is 1. The Bertz CT molecular complexity index is 915. The van der Waals surface area contributed by atoms with Gasteiger partial charge in [0.2, 0.25) is 0 Å². The SMILES string of the molecule is C#CC1(C)OC(=O)c2ccc(Oc3ccc(C(F)(F)F)cc3Cl)cc21. The van der Waals surface area contributed by atoms with Gasteiger partial charge >= 0.3 is 12.1 Å². The van der Waals surface area contributed by atoms with E-state index in [9.17, 15) is 18.0 Å². The Labute approximate surface area is 146 Å². The van der Waals surface area contributed by atoms with Crippen molar-refractivity contribution in [1.82, 2.24) is 0 Å². The standard InChI is InChI=1S/C18H10ClF3O3/c1-3-17(2)13-9-11(5-6-12(13)16(23)25-17)24-15-7-4-10(8-14(15)19)18(20,21)22/h1,4-9H,2H3. The van der Waals surface area contributed by atoms with E-state index < -0.39 is 23.3 Å². The molecule has 1 aliphatic heterocycles. The molecule has 128 valence electrons. The van der Waals surface area contributed by atoms with Gasteiger partial charge in [0, 0.05) is 5.56 Å². The van der Waals surface area contributed by atoms with Crippen molar-refractivity contribution in [2.75, 3.05) is 0 Å². The monoisotopic (exact) mass is 366 g/mol. The predicted molar refractivity (Wildman–Crippen MR) is 84.6 cm³/mol. The molecule has 0 aromatic heterocycles. The third-order valence-electron chi connectivity index (χ3n) is 3.78. The fourth-order valence-electron chi connectivity index (χ4n) is 2.45. The van der Waals surface area contributed by atoms with Crippen LogP contribution in [-0.4, -0.2) is 5.97 Å². The summed E-state index contributed by atoms with van der Waals surface area (Å²) in [6.07, 6.45) is 0.936. The van der Waals surface area contributed by atoms with Gasteiger partial charge in [0.25, 0.3) is 0 Å². The average Bonchev–Trinajstić information content (AvgIpc) is 2.80. The number of ether oxygens (including phenoxy) is 2. The molecular weight excluding hydrogens is 357 g/mol. The number of alkyl halides is 3. The maximum Gasteiger partial charge on any atom is 0.416 e. The van der Waals surface area contributed by atoms with Crippen LogP contribution in [0, 0.1) is 12.3 Å². The molecular formula is C18H10ClF3O3. The highest BCUT2D eigenvalue weighted by molar-refractivity contribution is 6.32. The Balaban J connectivity index is 1.95. The molecule has 0 fully saturated rings. The highest BCUT2D eigenvalue weighted by Gasteiger charge is 2.40. The van der Waals surface area contributed by atoms with Crippen molar-refractivity contribution in [3.8, 4) is 23.8 Å². The minimum Gasteiger partial charge on any atom is -0.456 e. The van der Waals surface area contributed by atoms with Crippen LogP contribution >= 0.6 is 11.6 Å². The van der Waals surface area contributed by atoms with Crippen molar-refractivity contribution in [3.05, 3.63) is 58.1 Å². The van der Waals surface area contributed by atoms with Gasteiger partial charge in [-0.1, -0.05) is 17.5 Å². The van der Waals surface area contributed by atoms with Crippen LogP contribution in [0.2, 0.25) is 5.02 Å². The lowest BCUT2D eigenvalue weighted by atomic mass is 9.95. The van der Waals surface area contributed by atoms with Crippen LogP contribution in [0.4, 0.5) is 13.2 Å². The molecule has 7 heteroatoms. The van der Waals surface area contributed by atoms with E-state index in [0.29, 0.717) is 11.1 Å². The van der Waals surface area contributed by atoms with Crippen molar-refractivity contribution in [3.63, 3.8) is 0 Å². The number of benzene rings is 2. The summed E-state index contributed by atoms with van der Waals surface area (Å²) >= 11 is 5.87. The lowest BCUT2D eigenvalue weighted by molar-refractivity contribution is -0.137. The van der Waals surface area contributed by atoms with Crippen molar-refractivity contribution in [2.24, 2.45) is 0 Å². The van der Waals surface area contributed by atoms with Gasteiger partial charge in [-0.3, -0.25) is 0 Å². The number of hydrogen-bond donors (Lipinski definition) is 0. The van der Waals surface area contributed by atoms with Gasteiger partial charge in [-0.2, -0.15) is 13.2 Å². The lowest BCUT2D eigenvalue weighted by Gasteiger charge is -2.17. The zero-order valence-corrected chi connectivity index (χ0v) is 13.5. The Morgan fingerprint density at radius 3 is 2.56 bits per heavy atom. The van der Waals surface area contributed by atoms with E-state index in [2.05, 4.69) is 5.92 Å². The van der Waals surface area contributed by atoms with Crippen molar-refractivity contribution < 1.29 is 27.4 Å². The van der Waals surface area contributed by atoms with Crippen molar-refractivity contribution in [1.29, 1.82) is 0 Å². The van der Waals surface area contributed by atoms with E-state index in [1.807, 2.05) is 0 Å². The molecule has 0 spiro atoms. The summed E-state index contributed by atoms with van der Waals surface area (Å²) in [4.78, 5) is 11.8. The first kappa shape index (κ1) is 17.2. The zero-order chi connectivity index (χ0) is 18.4. The number of hydrogen-bond acceptors (Lipinski definition) is 3. The first-order valence-electron chi connectivity index (χ1n) is 7.04. The number of carbonyl (C=O) groups excluding carboxylic acids is 1. The number of carbonyl (C=O) groups is 1. The van der Waals surface area contributed by atoms with Crippen molar-refractivity contribution in [2.45, 2.75) is 18.7 Å². The summed E-state index contributed by atoms with van der Waals surface area (Å²) < 4.78 is 48.7. The highest BCUT2D eigenvalue weighted by atomic mass is 35.5. The molecule has 1 unspecified atom stereocenters. The molecule has 2 aromatic rings. The maximum atomic E-state index is 12.7. The molecule has 1 atom stereocenters. The molecule has 3 nitrogen and oxygen atoms in total. The highest BCUT2D eigenvalue weighted by Crippen LogP contribution is 2.40. The normalized spacial score (nSPS) is 19.1. The van der Waals surface area contributed by atoms with Crippen molar-refractivity contribution >= 4 is 17.6 Å². The maximum absolute atomic E-state index is 12.7. The van der Waals surface area contributed by atoms with Crippen LogP contribution < -0.4 is 4.74 Å². The molecule has 1 heterocycles. The van der Waals surface area contributed by atoms with Gasteiger partial charge in [-0.25, -0.2) is 4.79 Å². The minimum absolute atomic E-state index is 0.0438. The third-order valence-corrected chi connectivity index (χ3v) is 4.08. The van der Waals surface area contributed by atoms with Crippen LogP contribution in [0.3, 0.4) is 0 Å². The van der Waals surface area contributed by atoms with Gasteiger partial charge in [-0.05, 0) is 43.3 Å². The second-order valence-electron chi connectivity index (χ2n) is 5.52. The Kier molecular flexibility index (Phi) is 3.92. The van der Waals surface area contributed by atoms with Gasteiger partial charge in [0.15, 0.2) is 5.60 Å². The topological polar surface area (TPSA) is 35.5 Å². The van der Waals surface area contributed by atoms with E-state index in [-0.39, 0.29) is 16.5 Å². The van der Waals surface area contributed by atoms with Gasteiger partial charge < -0.3 is 9.47 Å². The predicted octanol–water partition coefficient (Wildman–Crippen LogP) is 5.17. The van der Waals surface area contributed by atoms with Gasteiger partial charge in [0.1, 0.15) is 11.5 Å². The molecule has 0 saturated carbocycles.